The minimum absolute atomic E-state index is 0.160. The lowest BCUT2D eigenvalue weighted by Crippen LogP contribution is -2.51. The first-order valence-corrected chi connectivity index (χ1v) is 16.4. The van der Waals surface area contributed by atoms with E-state index in [1.165, 1.54) is 0 Å². The minimum atomic E-state index is -3.98. The first-order valence-electron chi connectivity index (χ1n) is 14.9. The summed E-state index contributed by atoms with van der Waals surface area (Å²) in [6.45, 7) is 1.22. The van der Waals surface area contributed by atoms with Crippen molar-refractivity contribution in [3.8, 4) is 0 Å². The molecule has 8 nitrogen and oxygen atoms in total. The summed E-state index contributed by atoms with van der Waals surface area (Å²) in [7, 11) is -3.98. The Kier molecular flexibility index (Phi) is 10.3. The molecule has 2 N–H and O–H groups in total. The highest BCUT2D eigenvalue weighted by Crippen LogP contribution is 2.29. The molecule has 45 heavy (non-hydrogen) atoms. The molecule has 5 aromatic carbocycles. The zero-order valence-electron chi connectivity index (χ0n) is 24.7. The molecule has 5 aromatic rings. The van der Waals surface area contributed by atoms with Gasteiger partial charge in [-0.25, -0.2) is 13.8 Å². The summed E-state index contributed by atoms with van der Waals surface area (Å²) < 4.78 is 52.5. The van der Waals surface area contributed by atoms with Crippen LogP contribution in [0, 0.1) is 0 Å². The van der Waals surface area contributed by atoms with Gasteiger partial charge in [-0.05, 0) is 28.1 Å². The highest BCUT2D eigenvalue weighted by molar-refractivity contribution is 7.89. The highest BCUT2D eigenvalue weighted by Gasteiger charge is 2.47. The monoisotopic (exact) mass is 624 g/mol. The average Bonchev–Trinajstić information content (AvgIpc) is 3.42. The summed E-state index contributed by atoms with van der Waals surface area (Å²) >= 11 is 0. The van der Waals surface area contributed by atoms with E-state index in [-0.39, 0.29) is 18.1 Å². The normalized spacial score (nSPS) is 20.0. The predicted octanol–water partition coefficient (Wildman–Crippen LogP) is 5.74. The van der Waals surface area contributed by atoms with E-state index in [0.717, 1.165) is 22.1 Å². The van der Waals surface area contributed by atoms with Crippen LogP contribution in [-0.2, 0) is 48.8 Å². The Morgan fingerprint density at radius 2 is 1.13 bits per heavy atom. The number of sulfonamides is 1. The largest absolute Gasteiger partial charge is 0.374 e. The van der Waals surface area contributed by atoms with Crippen LogP contribution in [0.4, 0.5) is 0 Å². The number of fused-ring (bicyclic) bond motifs is 1. The van der Waals surface area contributed by atoms with E-state index in [9.17, 15) is 8.42 Å². The number of benzene rings is 5. The van der Waals surface area contributed by atoms with Gasteiger partial charge < -0.3 is 18.9 Å². The summed E-state index contributed by atoms with van der Waals surface area (Å²) in [4.78, 5) is 2.71. The van der Waals surface area contributed by atoms with Gasteiger partial charge in [0.25, 0.3) is 10.0 Å². The number of ether oxygens (including phenoxy) is 4. The molecule has 0 spiro atoms. The summed E-state index contributed by atoms with van der Waals surface area (Å²) in [6.07, 6.45) is -2.65. The molecule has 1 aliphatic heterocycles. The standard InChI is InChI=1S/C36H36N2O6S/c39-45(40,33-22-12-20-30-19-10-11-21-31(30)33)38-37-36-35(43-25-29-17-8-3-9-18-29)34(42-24-28-15-6-2-7-16-28)32(44-36)26-41-23-27-13-4-1-5-14-27/h1-22,32,34-38H,23-26H2/t32-,34-,35-,36-/m1/s1. The van der Waals surface area contributed by atoms with Gasteiger partial charge in [-0.2, -0.15) is 0 Å². The second-order valence-electron chi connectivity index (χ2n) is 10.8. The quantitative estimate of drug-likeness (QED) is 0.152. The van der Waals surface area contributed by atoms with E-state index in [4.69, 9.17) is 18.9 Å². The van der Waals surface area contributed by atoms with E-state index in [1.807, 2.05) is 115 Å². The lowest BCUT2D eigenvalue weighted by molar-refractivity contribution is -0.0901. The maximum absolute atomic E-state index is 13.6. The predicted molar refractivity (Wildman–Crippen MR) is 172 cm³/mol. The third-order valence-corrected chi connectivity index (χ3v) is 8.97. The van der Waals surface area contributed by atoms with Gasteiger partial charge in [0.05, 0.1) is 31.3 Å². The Labute approximate surface area is 263 Å². The maximum Gasteiger partial charge on any atom is 0.253 e. The van der Waals surface area contributed by atoms with Gasteiger partial charge in [0.15, 0.2) is 6.23 Å². The fourth-order valence-electron chi connectivity index (χ4n) is 5.38. The molecule has 1 heterocycles. The van der Waals surface area contributed by atoms with Crippen LogP contribution >= 0.6 is 0 Å². The molecule has 1 aliphatic rings. The van der Waals surface area contributed by atoms with Gasteiger partial charge in [0.1, 0.15) is 18.3 Å². The summed E-state index contributed by atoms with van der Waals surface area (Å²) in [5.74, 6) is 0. The number of hydrogen-bond donors (Lipinski definition) is 2. The average molecular weight is 625 g/mol. The van der Waals surface area contributed by atoms with Gasteiger partial charge in [-0.3, -0.25) is 0 Å². The molecule has 0 bridgehead atoms. The number of hydrazine groups is 1. The first kappa shape index (κ1) is 31.1. The van der Waals surface area contributed by atoms with Gasteiger partial charge in [0, 0.05) is 5.39 Å². The molecule has 0 unspecified atom stereocenters. The van der Waals surface area contributed by atoms with Gasteiger partial charge in [0.2, 0.25) is 0 Å². The first-order chi connectivity index (χ1) is 22.1. The van der Waals surface area contributed by atoms with Crippen LogP contribution in [0.3, 0.4) is 0 Å². The minimum Gasteiger partial charge on any atom is -0.374 e. The van der Waals surface area contributed by atoms with Crippen molar-refractivity contribution in [3.05, 3.63) is 150 Å². The van der Waals surface area contributed by atoms with Crippen molar-refractivity contribution in [1.29, 1.82) is 0 Å². The molecule has 9 heteroatoms. The molecule has 0 aromatic heterocycles. The fraction of sp³-hybridized carbons (Fsp3) is 0.222. The molecule has 232 valence electrons. The second kappa shape index (κ2) is 14.9. The molecule has 4 atom stereocenters. The van der Waals surface area contributed by atoms with Crippen LogP contribution in [0.1, 0.15) is 16.7 Å². The van der Waals surface area contributed by atoms with E-state index in [1.54, 1.807) is 18.2 Å². The summed E-state index contributed by atoms with van der Waals surface area (Å²) in [5, 5.41) is 1.45. The molecule has 6 rings (SSSR count). The molecular weight excluding hydrogens is 588 g/mol. The number of rotatable bonds is 14. The van der Waals surface area contributed by atoms with Gasteiger partial charge in [-0.15, -0.1) is 4.83 Å². The van der Waals surface area contributed by atoms with E-state index in [0.29, 0.717) is 18.6 Å². The van der Waals surface area contributed by atoms with Crippen LogP contribution in [0.5, 0.6) is 0 Å². The van der Waals surface area contributed by atoms with Crippen molar-refractivity contribution in [2.24, 2.45) is 0 Å². The second-order valence-corrected chi connectivity index (χ2v) is 12.5. The Balaban J connectivity index is 1.23. The van der Waals surface area contributed by atoms with E-state index < -0.39 is 34.6 Å². The Morgan fingerprint density at radius 3 is 1.78 bits per heavy atom. The van der Waals surface area contributed by atoms with Crippen molar-refractivity contribution in [1.82, 2.24) is 10.3 Å². The van der Waals surface area contributed by atoms with Gasteiger partial charge >= 0.3 is 0 Å². The Hall–Kier alpha value is -3.93. The summed E-state index contributed by atoms with van der Waals surface area (Å²) in [5.41, 5.74) is 5.92. The molecule has 0 saturated carbocycles. The summed E-state index contributed by atoms with van der Waals surface area (Å²) in [6, 6.07) is 42.1. The number of nitrogens with one attached hydrogen (secondary N) is 2. The third kappa shape index (κ3) is 8.02. The van der Waals surface area contributed by atoms with Crippen LogP contribution in [0.2, 0.25) is 0 Å². The topological polar surface area (TPSA) is 95.1 Å². The molecule has 0 amide bonds. The van der Waals surface area contributed by atoms with Crippen molar-refractivity contribution < 1.29 is 27.4 Å². The van der Waals surface area contributed by atoms with Crippen LogP contribution in [-0.4, -0.2) is 39.6 Å². The number of hydrogen-bond acceptors (Lipinski definition) is 7. The van der Waals surface area contributed by atoms with Crippen LogP contribution < -0.4 is 10.3 Å². The van der Waals surface area contributed by atoms with Gasteiger partial charge in [-0.1, -0.05) is 127 Å². The van der Waals surface area contributed by atoms with Crippen molar-refractivity contribution in [2.45, 2.75) is 49.3 Å². The smallest absolute Gasteiger partial charge is 0.253 e. The van der Waals surface area contributed by atoms with E-state index in [2.05, 4.69) is 10.3 Å². The Morgan fingerprint density at radius 1 is 0.600 bits per heavy atom. The zero-order valence-corrected chi connectivity index (χ0v) is 25.5. The molecular formula is C36H36N2O6S. The third-order valence-electron chi connectivity index (χ3n) is 7.65. The maximum atomic E-state index is 13.6. The van der Waals surface area contributed by atoms with Crippen LogP contribution in [0.25, 0.3) is 10.8 Å². The SMILES string of the molecule is O=S(=O)(NN[C@@H]1O[C@H](COCc2ccccc2)[C@@H](OCc2ccccc2)[C@H]1OCc1ccccc1)c1cccc2ccccc12. The lowest BCUT2D eigenvalue weighted by Gasteiger charge is -2.25. The van der Waals surface area contributed by atoms with Crippen LogP contribution in [0.15, 0.2) is 138 Å². The molecule has 1 fully saturated rings. The fourth-order valence-corrected chi connectivity index (χ4v) is 6.50. The lowest BCUT2D eigenvalue weighted by atomic mass is 10.1. The molecule has 0 radical (unpaired) electrons. The Bertz CT molecular complexity index is 1750. The van der Waals surface area contributed by atoms with Crippen molar-refractivity contribution >= 4 is 20.8 Å². The molecule has 1 saturated heterocycles. The highest BCUT2D eigenvalue weighted by atomic mass is 32.2. The van der Waals surface area contributed by atoms with Crippen molar-refractivity contribution in [2.75, 3.05) is 6.61 Å². The molecule has 0 aliphatic carbocycles. The van der Waals surface area contributed by atoms with Crippen molar-refractivity contribution in [3.63, 3.8) is 0 Å². The van der Waals surface area contributed by atoms with E-state index >= 15 is 0 Å². The zero-order chi connectivity index (χ0) is 30.9.